The average molecular weight is 395 g/mol. The normalized spacial score (nSPS) is 37.7. The number of aliphatic hydroxyl groups is 1. The first-order valence-corrected chi connectivity index (χ1v) is 10.5. The summed E-state index contributed by atoms with van der Waals surface area (Å²) in [6.07, 6.45) is 3.73. The van der Waals surface area contributed by atoms with Crippen LogP contribution in [0, 0.1) is 11.8 Å². The summed E-state index contributed by atoms with van der Waals surface area (Å²) in [5.74, 6) is 0.242. The molecular weight excluding hydrogens is 370 g/mol. The number of ether oxygens (including phenoxy) is 1. The number of methoxy groups -OCH3 is 1. The molecule has 3 heterocycles. The number of hydrogen-bond acceptors (Lipinski definition) is 6. The molecule has 29 heavy (non-hydrogen) atoms. The van der Waals surface area contributed by atoms with E-state index < -0.39 is 11.6 Å². The quantitative estimate of drug-likeness (QED) is 0.748. The van der Waals surface area contributed by atoms with Gasteiger partial charge in [-0.15, -0.1) is 0 Å². The summed E-state index contributed by atoms with van der Waals surface area (Å²) in [4.78, 5) is 28.9. The van der Waals surface area contributed by atoms with Crippen molar-refractivity contribution >= 4 is 11.8 Å². The molecule has 152 valence electrons. The summed E-state index contributed by atoms with van der Waals surface area (Å²) in [5, 5.41) is 12.0. The molecule has 1 N–H and O–H groups in total. The third kappa shape index (κ3) is 1.82. The Kier molecular flexibility index (Phi) is 3.22. The van der Waals surface area contributed by atoms with Gasteiger partial charge < -0.3 is 14.3 Å². The summed E-state index contributed by atoms with van der Waals surface area (Å²) in [6, 6.07) is 1.86. The van der Waals surface area contributed by atoms with E-state index in [0.717, 1.165) is 41.8 Å². The second-order valence-electron chi connectivity index (χ2n) is 9.57. The fraction of sp³-hybridized carbons (Fsp3) is 0.565. The zero-order chi connectivity index (χ0) is 20.3. The maximum Gasteiger partial charge on any atom is 0.338 e. The van der Waals surface area contributed by atoms with Gasteiger partial charge in [0.2, 0.25) is 0 Å². The van der Waals surface area contributed by atoms with Crippen LogP contribution in [0.4, 0.5) is 0 Å². The van der Waals surface area contributed by atoms with E-state index in [-0.39, 0.29) is 23.2 Å². The average Bonchev–Trinajstić information content (AvgIpc) is 3.13. The minimum Gasteiger partial charge on any atom is -0.469 e. The lowest BCUT2D eigenvalue weighted by molar-refractivity contribution is -0.143. The number of fused-ring (bicyclic) bond motifs is 2. The Labute approximate surface area is 169 Å². The molecule has 0 spiro atoms. The van der Waals surface area contributed by atoms with Crippen molar-refractivity contribution in [1.82, 2.24) is 4.90 Å². The van der Waals surface area contributed by atoms with Crippen LogP contribution in [0.3, 0.4) is 0 Å². The number of carbonyl (C=O) groups is 2. The van der Waals surface area contributed by atoms with Gasteiger partial charge in [0.1, 0.15) is 5.76 Å². The molecule has 0 unspecified atom stereocenters. The monoisotopic (exact) mass is 395 g/mol. The maximum atomic E-state index is 13.5. The SMILES string of the molecule is COC(=O)c1c2ccoc3c-2c2c1[C@]1(O)C[C@H]4N(C[C@@H](CC3)[C@@]24C)C[C@@H](C)C1=O. The Bertz CT molecular complexity index is 1060. The van der Waals surface area contributed by atoms with Crippen LogP contribution in [0.1, 0.15) is 53.9 Å². The molecule has 0 amide bonds. The number of hydrogen-bond donors (Lipinski definition) is 1. The summed E-state index contributed by atoms with van der Waals surface area (Å²) in [5.41, 5.74) is 1.54. The Morgan fingerprint density at radius 1 is 1.34 bits per heavy atom. The van der Waals surface area contributed by atoms with Gasteiger partial charge in [0.05, 0.1) is 18.9 Å². The zero-order valence-electron chi connectivity index (χ0n) is 16.9. The summed E-state index contributed by atoms with van der Waals surface area (Å²) >= 11 is 0. The molecular formula is C23H25NO5. The number of Topliss-reactive ketones (excluding diaryl/α,β-unsaturated/α-hetero) is 1. The molecule has 6 rings (SSSR count). The van der Waals surface area contributed by atoms with Gasteiger partial charge in [0.15, 0.2) is 11.4 Å². The molecule has 0 saturated carbocycles. The lowest BCUT2D eigenvalue weighted by Crippen LogP contribution is -2.53. The van der Waals surface area contributed by atoms with Crippen LogP contribution in [-0.2, 0) is 27.0 Å². The van der Waals surface area contributed by atoms with Crippen LogP contribution in [0.2, 0.25) is 0 Å². The summed E-state index contributed by atoms with van der Waals surface area (Å²) in [6.45, 7) is 5.73. The molecule has 0 aromatic carbocycles. The smallest absolute Gasteiger partial charge is 0.338 e. The van der Waals surface area contributed by atoms with Crippen molar-refractivity contribution in [3.63, 3.8) is 0 Å². The molecule has 3 aliphatic heterocycles. The van der Waals surface area contributed by atoms with Crippen molar-refractivity contribution in [1.29, 1.82) is 0 Å². The van der Waals surface area contributed by atoms with Crippen molar-refractivity contribution < 1.29 is 23.8 Å². The molecule has 2 bridgehead atoms. The highest BCUT2D eigenvalue weighted by molar-refractivity contribution is 6.07. The van der Waals surface area contributed by atoms with E-state index in [1.54, 1.807) is 12.3 Å². The highest BCUT2D eigenvalue weighted by atomic mass is 16.5. The first kappa shape index (κ1) is 17.7. The molecule has 2 saturated heterocycles. The second kappa shape index (κ2) is 5.29. The van der Waals surface area contributed by atoms with Crippen molar-refractivity contribution in [3.8, 4) is 11.1 Å². The summed E-state index contributed by atoms with van der Waals surface area (Å²) in [7, 11) is 1.35. The number of aryl methyl sites for hydroxylation is 1. The van der Waals surface area contributed by atoms with E-state index in [2.05, 4.69) is 11.8 Å². The van der Waals surface area contributed by atoms with Gasteiger partial charge >= 0.3 is 5.97 Å². The number of rotatable bonds is 1. The molecule has 0 aromatic rings. The standard InChI is InChI=1S/C23H25NO5/c1-11-9-24-10-12-4-5-14-16-13(6-7-29-14)17(21(26)28-3)19-18(16)22(12,2)15(24)8-23(19,27)20(11)25/h6-7,11-12,15,27H,4-5,8-10H2,1-3H3/t11-,12-,15-,22-,23-/m1/s1. The molecule has 0 radical (unpaired) electrons. The van der Waals surface area contributed by atoms with E-state index in [9.17, 15) is 14.7 Å². The van der Waals surface area contributed by atoms with Gasteiger partial charge in [0, 0.05) is 60.0 Å². The van der Waals surface area contributed by atoms with E-state index in [0.29, 0.717) is 30.0 Å². The van der Waals surface area contributed by atoms with Gasteiger partial charge in [0.25, 0.3) is 0 Å². The van der Waals surface area contributed by atoms with Gasteiger partial charge in [-0.3, -0.25) is 9.69 Å². The predicted octanol–water partition coefficient (Wildman–Crippen LogP) is 2.49. The molecule has 3 aliphatic carbocycles. The Morgan fingerprint density at radius 2 is 2.14 bits per heavy atom. The Balaban J connectivity index is 1.82. The second-order valence-corrected chi connectivity index (χ2v) is 9.57. The van der Waals surface area contributed by atoms with E-state index in [4.69, 9.17) is 9.15 Å². The third-order valence-electron chi connectivity index (χ3n) is 8.36. The van der Waals surface area contributed by atoms with Crippen LogP contribution in [0.5, 0.6) is 0 Å². The van der Waals surface area contributed by atoms with E-state index >= 15 is 0 Å². The van der Waals surface area contributed by atoms with Crippen LogP contribution in [-0.4, -0.2) is 48.0 Å². The molecule has 6 heteroatoms. The van der Waals surface area contributed by atoms with Gasteiger partial charge in [-0.2, -0.15) is 0 Å². The number of nitrogens with zero attached hydrogens (tertiary/aromatic N) is 1. The van der Waals surface area contributed by atoms with Crippen molar-refractivity contribution in [2.24, 2.45) is 11.8 Å². The Hall–Kier alpha value is -2.18. The van der Waals surface area contributed by atoms with Gasteiger partial charge in [-0.1, -0.05) is 13.8 Å². The van der Waals surface area contributed by atoms with Crippen LogP contribution in [0.15, 0.2) is 16.7 Å². The van der Waals surface area contributed by atoms with E-state index in [1.165, 1.54) is 7.11 Å². The van der Waals surface area contributed by atoms with Gasteiger partial charge in [-0.05, 0) is 24.0 Å². The number of esters is 1. The highest BCUT2D eigenvalue weighted by Crippen LogP contribution is 2.63. The molecule has 2 fully saturated rings. The first-order valence-electron chi connectivity index (χ1n) is 10.5. The van der Waals surface area contributed by atoms with E-state index in [1.807, 2.05) is 6.92 Å². The van der Waals surface area contributed by atoms with Gasteiger partial charge in [-0.25, -0.2) is 4.79 Å². The Morgan fingerprint density at radius 3 is 2.90 bits per heavy atom. The van der Waals surface area contributed by atoms with Crippen molar-refractivity contribution in [2.75, 3.05) is 20.2 Å². The number of carbonyl (C=O) groups excluding carboxylic acids is 2. The highest BCUT2D eigenvalue weighted by Gasteiger charge is 2.66. The maximum absolute atomic E-state index is 13.5. The number of ketones is 1. The molecule has 6 nitrogen and oxygen atoms in total. The molecule has 5 atom stereocenters. The largest absolute Gasteiger partial charge is 0.469 e. The molecule has 0 aromatic heterocycles. The van der Waals surface area contributed by atoms with Crippen LogP contribution in [0.25, 0.3) is 11.1 Å². The fourth-order valence-corrected chi connectivity index (χ4v) is 7.10. The summed E-state index contributed by atoms with van der Waals surface area (Å²) < 4.78 is 11.1. The minimum absolute atomic E-state index is 0.0705. The fourth-order valence-electron chi connectivity index (χ4n) is 7.10. The van der Waals surface area contributed by atoms with Crippen molar-refractivity contribution in [3.05, 3.63) is 34.8 Å². The molecule has 6 aliphatic rings. The first-order chi connectivity index (χ1) is 13.8. The topological polar surface area (TPSA) is 80.0 Å². The van der Waals surface area contributed by atoms with Crippen molar-refractivity contribution in [2.45, 2.75) is 50.2 Å². The minimum atomic E-state index is -1.67. The van der Waals surface area contributed by atoms with Crippen LogP contribution >= 0.6 is 0 Å². The van der Waals surface area contributed by atoms with Crippen LogP contribution < -0.4 is 0 Å². The lowest BCUT2D eigenvalue weighted by atomic mass is 9.59. The third-order valence-corrected chi connectivity index (χ3v) is 8.36. The predicted molar refractivity (Wildman–Crippen MR) is 104 cm³/mol. The zero-order valence-corrected chi connectivity index (χ0v) is 16.9. The lowest BCUT2D eigenvalue weighted by Gasteiger charge is -2.46.